The Morgan fingerprint density at radius 3 is 2.52 bits per heavy atom. The molecule has 158 valence electrons. The van der Waals surface area contributed by atoms with Crippen molar-refractivity contribution < 1.29 is 14.3 Å². The van der Waals surface area contributed by atoms with Crippen molar-refractivity contribution >= 4 is 23.6 Å². The summed E-state index contributed by atoms with van der Waals surface area (Å²) >= 11 is 0. The van der Waals surface area contributed by atoms with Gasteiger partial charge in [0.05, 0.1) is 12.0 Å². The van der Waals surface area contributed by atoms with E-state index >= 15 is 0 Å². The lowest BCUT2D eigenvalue weighted by atomic mass is 10.2. The monoisotopic (exact) mass is 418 g/mol. The molecule has 2 heterocycles. The Kier molecular flexibility index (Phi) is 6.96. The molecular weight excluding hydrogens is 396 g/mol. The highest BCUT2D eigenvalue weighted by Gasteiger charge is 2.21. The number of nitrogens with zero attached hydrogens (tertiary/aromatic N) is 4. The van der Waals surface area contributed by atoms with Crippen LogP contribution < -0.4 is 10.6 Å². The van der Waals surface area contributed by atoms with Crippen LogP contribution in [0.25, 0.3) is 5.69 Å². The third-order valence-electron chi connectivity index (χ3n) is 4.64. The summed E-state index contributed by atoms with van der Waals surface area (Å²) in [5.74, 6) is -0.305. The molecule has 2 aromatic heterocycles. The number of para-hydroxylation sites is 1. The minimum Gasteiger partial charge on any atom is -0.456 e. The van der Waals surface area contributed by atoms with Gasteiger partial charge in [0, 0.05) is 30.3 Å². The molecule has 1 amide bonds. The lowest BCUT2D eigenvalue weighted by Crippen LogP contribution is -2.23. The first-order chi connectivity index (χ1) is 15.0. The molecule has 0 atom stereocenters. The third-order valence-corrected chi connectivity index (χ3v) is 4.64. The normalized spacial score (nSPS) is 10.2. The minimum absolute atomic E-state index is 0.0492. The Morgan fingerprint density at radius 2 is 1.84 bits per heavy atom. The van der Waals surface area contributed by atoms with Gasteiger partial charge in [-0.2, -0.15) is 5.26 Å². The van der Waals surface area contributed by atoms with E-state index in [-0.39, 0.29) is 13.0 Å². The topological polar surface area (TPSA) is 122 Å². The molecule has 3 rings (SSSR count). The van der Waals surface area contributed by atoms with Crippen molar-refractivity contribution in [2.75, 3.05) is 23.8 Å². The molecule has 0 radical (unpaired) electrons. The maximum Gasteiger partial charge on any atom is 0.308 e. The van der Waals surface area contributed by atoms with Crippen LogP contribution in [0.1, 0.15) is 23.2 Å². The lowest BCUT2D eigenvalue weighted by Gasteiger charge is -2.13. The van der Waals surface area contributed by atoms with Crippen LogP contribution in [0.5, 0.6) is 0 Å². The van der Waals surface area contributed by atoms with Crippen LogP contribution in [0.15, 0.2) is 48.8 Å². The number of amides is 1. The van der Waals surface area contributed by atoms with Crippen LogP contribution in [0, 0.1) is 25.2 Å². The third kappa shape index (κ3) is 5.25. The molecule has 2 N–H and O–H groups in total. The van der Waals surface area contributed by atoms with Crippen molar-refractivity contribution in [1.29, 1.82) is 5.26 Å². The van der Waals surface area contributed by atoms with Gasteiger partial charge >= 0.3 is 5.97 Å². The zero-order chi connectivity index (χ0) is 22.2. The SMILES string of the molecule is Cc1c(C#N)c(NC(=O)COC(=O)CCNc2ncccn2)n(-c2ccccc2)c1C. The zero-order valence-corrected chi connectivity index (χ0v) is 17.3. The van der Waals surface area contributed by atoms with Gasteiger partial charge in [0.1, 0.15) is 11.9 Å². The van der Waals surface area contributed by atoms with Crippen molar-refractivity contribution in [3.05, 3.63) is 65.6 Å². The Balaban J connectivity index is 1.61. The molecule has 0 spiro atoms. The van der Waals surface area contributed by atoms with Crippen molar-refractivity contribution in [1.82, 2.24) is 14.5 Å². The molecule has 9 heteroatoms. The molecule has 0 saturated heterocycles. The fourth-order valence-electron chi connectivity index (χ4n) is 3.01. The van der Waals surface area contributed by atoms with E-state index in [1.165, 1.54) is 0 Å². The average Bonchev–Trinajstić information content (AvgIpc) is 3.02. The molecule has 3 aromatic rings. The Bertz CT molecular complexity index is 1100. The van der Waals surface area contributed by atoms with Gasteiger partial charge in [0.25, 0.3) is 5.91 Å². The van der Waals surface area contributed by atoms with Crippen molar-refractivity contribution in [2.24, 2.45) is 0 Å². The lowest BCUT2D eigenvalue weighted by molar-refractivity contribution is -0.147. The molecule has 1 aromatic carbocycles. The fraction of sp³-hybridized carbons (Fsp3) is 0.227. The number of ether oxygens (including phenoxy) is 1. The van der Waals surface area contributed by atoms with E-state index in [0.29, 0.717) is 17.3 Å². The maximum atomic E-state index is 12.4. The fourth-order valence-corrected chi connectivity index (χ4v) is 3.01. The first-order valence-corrected chi connectivity index (χ1v) is 9.65. The predicted octanol–water partition coefficient (Wildman–Crippen LogP) is 2.74. The van der Waals surface area contributed by atoms with Gasteiger partial charge in [-0.25, -0.2) is 9.97 Å². The first kappa shape index (κ1) is 21.5. The summed E-state index contributed by atoms with van der Waals surface area (Å²) in [4.78, 5) is 32.3. The number of benzene rings is 1. The van der Waals surface area contributed by atoms with E-state index in [4.69, 9.17) is 4.74 Å². The highest BCUT2D eigenvalue weighted by molar-refractivity contribution is 5.94. The van der Waals surface area contributed by atoms with Crippen molar-refractivity contribution in [3.63, 3.8) is 0 Å². The molecule has 0 bridgehead atoms. The summed E-state index contributed by atoms with van der Waals surface area (Å²) in [6, 6.07) is 13.2. The molecule has 0 fully saturated rings. The molecule has 0 aliphatic carbocycles. The average molecular weight is 418 g/mol. The van der Waals surface area contributed by atoms with Gasteiger partial charge in [-0.05, 0) is 37.6 Å². The number of carbonyl (C=O) groups excluding carboxylic acids is 2. The Morgan fingerprint density at radius 1 is 1.13 bits per heavy atom. The first-order valence-electron chi connectivity index (χ1n) is 9.65. The molecule has 0 aliphatic rings. The summed E-state index contributed by atoms with van der Waals surface area (Å²) in [6.07, 6.45) is 3.22. The number of hydrogen-bond acceptors (Lipinski definition) is 7. The molecule has 0 aliphatic heterocycles. The van der Waals surface area contributed by atoms with Crippen LogP contribution in [0.2, 0.25) is 0 Å². The molecule has 31 heavy (non-hydrogen) atoms. The second-order valence-corrected chi connectivity index (χ2v) is 6.67. The predicted molar refractivity (Wildman–Crippen MR) is 115 cm³/mol. The van der Waals surface area contributed by atoms with Gasteiger partial charge in [0.15, 0.2) is 6.61 Å². The standard InChI is InChI=1S/C22H22N6O3/c1-15-16(2)28(17-7-4-3-5-8-17)21(18(15)13-23)27-19(29)14-31-20(30)9-12-26-22-24-10-6-11-25-22/h3-8,10-11H,9,12,14H2,1-2H3,(H,27,29)(H,24,25,26). The molecule has 0 unspecified atom stereocenters. The highest BCUT2D eigenvalue weighted by atomic mass is 16.5. The van der Waals surface area contributed by atoms with Crippen LogP contribution in [0.4, 0.5) is 11.8 Å². The van der Waals surface area contributed by atoms with E-state index in [2.05, 4.69) is 26.7 Å². The number of aromatic nitrogens is 3. The molecular formula is C22H22N6O3. The van der Waals surface area contributed by atoms with Crippen molar-refractivity contribution in [2.45, 2.75) is 20.3 Å². The van der Waals surface area contributed by atoms with E-state index in [1.54, 1.807) is 23.0 Å². The van der Waals surface area contributed by atoms with Crippen LogP contribution in [0.3, 0.4) is 0 Å². The van der Waals surface area contributed by atoms with Crippen LogP contribution in [-0.2, 0) is 14.3 Å². The van der Waals surface area contributed by atoms with E-state index in [9.17, 15) is 14.9 Å². The summed E-state index contributed by atoms with van der Waals surface area (Å²) in [6.45, 7) is 3.52. The smallest absolute Gasteiger partial charge is 0.308 e. The second-order valence-electron chi connectivity index (χ2n) is 6.67. The van der Waals surface area contributed by atoms with Crippen LogP contribution >= 0.6 is 0 Å². The zero-order valence-electron chi connectivity index (χ0n) is 17.3. The summed E-state index contributed by atoms with van der Waals surface area (Å²) in [5.41, 5.74) is 2.79. The molecule has 9 nitrogen and oxygen atoms in total. The highest BCUT2D eigenvalue weighted by Crippen LogP contribution is 2.29. The van der Waals surface area contributed by atoms with Gasteiger partial charge in [-0.3, -0.25) is 14.2 Å². The number of rotatable bonds is 8. The van der Waals surface area contributed by atoms with Gasteiger partial charge in [0.2, 0.25) is 5.95 Å². The minimum atomic E-state index is -0.537. The van der Waals surface area contributed by atoms with Gasteiger partial charge in [-0.15, -0.1) is 0 Å². The van der Waals surface area contributed by atoms with E-state index in [0.717, 1.165) is 16.9 Å². The number of carbonyl (C=O) groups is 2. The van der Waals surface area contributed by atoms with Crippen LogP contribution in [-0.4, -0.2) is 39.6 Å². The Labute approximate surface area is 179 Å². The van der Waals surface area contributed by atoms with E-state index < -0.39 is 18.5 Å². The number of nitrogens with one attached hydrogen (secondary N) is 2. The van der Waals surface area contributed by atoms with Gasteiger partial charge in [-0.1, -0.05) is 18.2 Å². The number of esters is 1. The maximum absolute atomic E-state index is 12.4. The summed E-state index contributed by atoms with van der Waals surface area (Å²) < 4.78 is 6.85. The molecule has 0 saturated carbocycles. The van der Waals surface area contributed by atoms with Gasteiger partial charge < -0.3 is 15.4 Å². The summed E-state index contributed by atoms with van der Waals surface area (Å²) in [5, 5.41) is 15.2. The second kappa shape index (κ2) is 10.0. The number of anilines is 2. The van der Waals surface area contributed by atoms with Crippen molar-refractivity contribution in [3.8, 4) is 11.8 Å². The summed E-state index contributed by atoms with van der Waals surface area (Å²) in [7, 11) is 0. The quantitative estimate of drug-likeness (QED) is 0.539. The number of hydrogen-bond donors (Lipinski definition) is 2. The Hall–Kier alpha value is -4.19. The number of nitriles is 1. The van der Waals surface area contributed by atoms with E-state index in [1.807, 2.05) is 44.2 Å². The largest absolute Gasteiger partial charge is 0.456 e.